The van der Waals surface area contributed by atoms with Gasteiger partial charge < -0.3 is 10.1 Å². The van der Waals surface area contributed by atoms with Crippen molar-refractivity contribution in [3.05, 3.63) is 148 Å². The largest absolute Gasteiger partial charge is 0.375 e. The Labute approximate surface area is 281 Å². The Hall–Kier alpha value is -4.73. The number of anilines is 1. The van der Waals surface area contributed by atoms with E-state index in [0.717, 1.165) is 67.3 Å². The molecule has 1 aromatic heterocycles. The van der Waals surface area contributed by atoms with Crippen molar-refractivity contribution >= 4 is 21.6 Å². The molecule has 3 aliphatic rings. The smallest absolute Gasteiger partial charge is 0.331 e. The van der Waals surface area contributed by atoms with E-state index in [-0.39, 0.29) is 6.61 Å². The molecule has 0 bridgehead atoms. The zero-order valence-corrected chi connectivity index (χ0v) is 27.7. The fourth-order valence-electron chi connectivity index (χ4n) is 7.70. The molecule has 0 spiro atoms. The lowest BCUT2D eigenvalue weighted by molar-refractivity contribution is 0.123. The average molecular weight is 658 g/mol. The molecule has 0 fully saturated rings. The summed E-state index contributed by atoms with van der Waals surface area (Å²) in [5.74, 6) is 0. The predicted octanol–water partition coefficient (Wildman–Crippen LogP) is 7.34. The van der Waals surface area contributed by atoms with Gasteiger partial charge in [-0.25, -0.2) is 13.7 Å². The number of aromatic nitrogens is 2. The number of nitrogens with one attached hydrogen (secondary N) is 2. The number of carbonyl (C=O) groups excluding carboxylic acids is 1. The maximum Gasteiger partial charge on any atom is 0.331 e. The van der Waals surface area contributed by atoms with E-state index in [2.05, 4.69) is 21.2 Å². The first-order valence-electron chi connectivity index (χ1n) is 16.9. The lowest BCUT2D eigenvalue weighted by Crippen LogP contribution is -2.38. The molecule has 1 atom stereocenters. The lowest BCUT2D eigenvalue weighted by Gasteiger charge is -2.33. The molecule has 2 aliphatic carbocycles. The van der Waals surface area contributed by atoms with Crippen LogP contribution in [0.25, 0.3) is 0 Å². The maximum absolute atomic E-state index is 16.0. The van der Waals surface area contributed by atoms with Crippen LogP contribution < -0.4 is 10.0 Å². The normalized spacial score (nSPS) is 16.6. The van der Waals surface area contributed by atoms with Gasteiger partial charge in [-0.15, -0.1) is 0 Å². The summed E-state index contributed by atoms with van der Waals surface area (Å²) in [5, 5.41) is 7.85. The Balaban J connectivity index is 1.35. The number of hydrogen-bond acceptors (Lipinski definition) is 5. The molecule has 1 unspecified atom stereocenters. The minimum absolute atomic E-state index is 0.222. The number of benzene rings is 4. The van der Waals surface area contributed by atoms with Crippen molar-refractivity contribution < 1.29 is 13.7 Å². The summed E-state index contributed by atoms with van der Waals surface area (Å²) in [6.07, 6.45) is 8.39. The van der Waals surface area contributed by atoms with Crippen molar-refractivity contribution in [2.24, 2.45) is 4.36 Å². The van der Waals surface area contributed by atoms with Crippen LogP contribution in [0, 0.1) is 0 Å². The highest BCUT2D eigenvalue weighted by Crippen LogP contribution is 2.43. The Bertz CT molecular complexity index is 1960. The molecule has 0 saturated carbocycles. The molecule has 8 nitrogen and oxygen atoms in total. The van der Waals surface area contributed by atoms with Crippen LogP contribution in [0.3, 0.4) is 0 Å². The van der Waals surface area contributed by atoms with Gasteiger partial charge in [-0.05, 0) is 83.9 Å². The van der Waals surface area contributed by atoms with E-state index in [0.29, 0.717) is 23.7 Å². The number of ether oxygens (including phenoxy) is 1. The van der Waals surface area contributed by atoms with E-state index >= 15 is 4.21 Å². The molecule has 2 amide bonds. The van der Waals surface area contributed by atoms with Crippen LogP contribution in [-0.4, -0.2) is 26.6 Å². The van der Waals surface area contributed by atoms with E-state index in [9.17, 15) is 4.79 Å². The third-order valence-corrected chi connectivity index (χ3v) is 11.8. The highest BCUT2D eigenvalue weighted by Gasteiger charge is 2.40. The van der Waals surface area contributed by atoms with E-state index in [4.69, 9.17) is 9.10 Å². The Morgan fingerprint density at radius 1 is 0.792 bits per heavy atom. The van der Waals surface area contributed by atoms with Gasteiger partial charge in [-0.3, -0.25) is 4.68 Å². The number of nitrogens with zero attached hydrogens (tertiary/aromatic N) is 3. The summed E-state index contributed by atoms with van der Waals surface area (Å²) >= 11 is 0. The van der Waals surface area contributed by atoms with Crippen molar-refractivity contribution in [3.8, 4) is 0 Å². The van der Waals surface area contributed by atoms with Crippen LogP contribution in [0.1, 0.15) is 63.9 Å². The highest BCUT2D eigenvalue weighted by atomic mass is 32.2. The number of rotatable bonds is 7. The summed E-state index contributed by atoms with van der Waals surface area (Å²) < 4.78 is 32.1. The quantitative estimate of drug-likeness (QED) is 0.179. The van der Waals surface area contributed by atoms with Crippen molar-refractivity contribution in [1.82, 2.24) is 14.5 Å². The van der Waals surface area contributed by atoms with Gasteiger partial charge in [-0.2, -0.15) is 9.46 Å². The third-order valence-electron chi connectivity index (χ3n) is 9.89. The lowest BCUT2D eigenvalue weighted by atomic mass is 9.78. The summed E-state index contributed by atoms with van der Waals surface area (Å²) in [6.45, 7) is 1.42. The molecular formula is C39H39N5O3S. The molecule has 8 rings (SSSR count). The molecule has 4 aromatic carbocycles. The molecule has 1 aliphatic heterocycles. The second-order valence-corrected chi connectivity index (χ2v) is 14.7. The highest BCUT2D eigenvalue weighted by molar-refractivity contribution is 7.92. The van der Waals surface area contributed by atoms with E-state index in [1.54, 1.807) is 6.20 Å². The second-order valence-electron chi connectivity index (χ2n) is 12.8. The SMILES string of the molecule is O=C(Nc1c2c(cc3c1CCC3)CCC2)NS(=O)(=NC(c1ccccc1)(c1ccccc1)c1ccccc1)c1cnn2c1COCCC2. The van der Waals surface area contributed by atoms with Crippen molar-refractivity contribution in [3.63, 3.8) is 0 Å². The van der Waals surface area contributed by atoms with Gasteiger partial charge in [0.05, 0.1) is 18.5 Å². The first-order valence-corrected chi connectivity index (χ1v) is 18.4. The summed E-state index contributed by atoms with van der Waals surface area (Å²) in [6, 6.07) is 31.4. The molecule has 0 saturated heterocycles. The summed E-state index contributed by atoms with van der Waals surface area (Å²) in [4.78, 5) is 14.7. The average Bonchev–Trinajstić information content (AvgIpc) is 3.86. The fraction of sp³-hybridized carbons (Fsp3) is 0.282. The minimum Gasteiger partial charge on any atom is -0.375 e. The van der Waals surface area contributed by atoms with Gasteiger partial charge >= 0.3 is 6.03 Å². The van der Waals surface area contributed by atoms with Crippen LogP contribution in [0.15, 0.2) is 113 Å². The van der Waals surface area contributed by atoms with Gasteiger partial charge in [0.25, 0.3) is 0 Å². The molecule has 48 heavy (non-hydrogen) atoms. The Morgan fingerprint density at radius 2 is 1.35 bits per heavy atom. The number of amides is 2. The van der Waals surface area contributed by atoms with Crippen molar-refractivity contribution in [2.75, 3.05) is 11.9 Å². The van der Waals surface area contributed by atoms with Crippen LogP contribution in [0.4, 0.5) is 10.5 Å². The standard InChI is InChI=1S/C39H39N5O3S/c45-38(41-37-33-21-10-13-28(33)25-29-14-11-22-34(29)37)42-48(46,36-26-40-44-23-12-24-47-27-35(36)44)43-39(30-15-4-1-5-16-30,31-17-6-2-7-18-31)32-19-8-3-9-20-32/h1-9,15-20,25-26H,10-14,21-24,27H2,(H2,41,42,43,45,46). The van der Waals surface area contributed by atoms with E-state index in [1.807, 2.05) is 95.7 Å². The van der Waals surface area contributed by atoms with Gasteiger partial charge in [-0.1, -0.05) is 97.1 Å². The van der Waals surface area contributed by atoms with Gasteiger partial charge in [0.1, 0.15) is 10.4 Å². The molecule has 9 heteroatoms. The first-order chi connectivity index (χ1) is 23.5. The second kappa shape index (κ2) is 12.7. The Morgan fingerprint density at radius 3 is 1.92 bits per heavy atom. The van der Waals surface area contributed by atoms with E-state index in [1.165, 1.54) is 22.3 Å². The monoisotopic (exact) mass is 657 g/mol. The molecule has 0 radical (unpaired) electrons. The zero-order chi connectivity index (χ0) is 32.6. The molecule has 5 aromatic rings. The maximum atomic E-state index is 16.0. The number of hydrogen-bond donors (Lipinski definition) is 2. The molecule has 2 N–H and O–H groups in total. The predicted molar refractivity (Wildman–Crippen MR) is 187 cm³/mol. The fourth-order valence-corrected chi connectivity index (χ4v) is 9.63. The number of urea groups is 1. The van der Waals surface area contributed by atoms with Crippen LogP contribution >= 0.6 is 0 Å². The number of aryl methyl sites for hydroxylation is 3. The van der Waals surface area contributed by atoms with Crippen molar-refractivity contribution in [1.29, 1.82) is 0 Å². The summed E-state index contributed by atoms with van der Waals surface area (Å²) in [5.41, 5.74) is 7.80. The van der Waals surface area contributed by atoms with Crippen LogP contribution in [-0.2, 0) is 59.0 Å². The number of fused-ring (bicyclic) bond motifs is 3. The third kappa shape index (κ3) is 5.41. The topological polar surface area (TPSA) is 97.6 Å². The van der Waals surface area contributed by atoms with Gasteiger partial charge in [0.2, 0.25) is 0 Å². The van der Waals surface area contributed by atoms with Gasteiger partial charge in [0.15, 0.2) is 9.92 Å². The molecule has 244 valence electrons. The summed E-state index contributed by atoms with van der Waals surface area (Å²) in [7, 11) is -3.73. The van der Waals surface area contributed by atoms with Crippen LogP contribution in [0.2, 0.25) is 0 Å². The van der Waals surface area contributed by atoms with E-state index < -0.39 is 21.5 Å². The molecule has 2 heterocycles. The zero-order valence-electron chi connectivity index (χ0n) is 26.9. The first kappa shape index (κ1) is 30.6. The van der Waals surface area contributed by atoms with Gasteiger partial charge in [0, 0.05) is 18.8 Å². The van der Waals surface area contributed by atoms with Crippen molar-refractivity contribution in [2.45, 2.75) is 68.5 Å². The number of carbonyl (C=O) groups is 1. The minimum atomic E-state index is -3.73. The molecular weight excluding hydrogens is 619 g/mol. The van der Waals surface area contributed by atoms with Crippen LogP contribution in [0.5, 0.6) is 0 Å². The Kier molecular flexibility index (Phi) is 8.10.